The van der Waals surface area contributed by atoms with Gasteiger partial charge in [0.25, 0.3) is 0 Å². The first-order valence-corrected chi connectivity index (χ1v) is 5.97. The minimum Gasteiger partial charge on any atom is -0.396 e. The summed E-state index contributed by atoms with van der Waals surface area (Å²) < 4.78 is 0. The molecule has 0 saturated carbocycles. The minimum absolute atomic E-state index is 0.0755. The average molecular weight is 229 g/mol. The van der Waals surface area contributed by atoms with Gasteiger partial charge in [0.1, 0.15) is 0 Å². The largest absolute Gasteiger partial charge is 0.396 e. The van der Waals surface area contributed by atoms with Gasteiger partial charge in [-0.25, -0.2) is 0 Å². The van der Waals surface area contributed by atoms with Crippen molar-refractivity contribution in [3.63, 3.8) is 0 Å². The van der Waals surface area contributed by atoms with Crippen molar-refractivity contribution in [1.29, 1.82) is 0 Å². The van der Waals surface area contributed by atoms with Crippen molar-refractivity contribution in [2.24, 2.45) is 16.1 Å². The summed E-state index contributed by atoms with van der Waals surface area (Å²) in [6.45, 7) is 11.0. The standard InChI is InChI=1S/C12H27N3O/c1-6-12(7-2,9-16)8-14-10(13)15-11(3,4)5/h16H,6-9H2,1-5H3,(H3,13,14,15). The summed E-state index contributed by atoms with van der Waals surface area (Å²) in [4.78, 5) is 4.32. The molecule has 0 amide bonds. The molecule has 0 bridgehead atoms. The molecule has 0 rings (SSSR count). The second-order valence-electron chi connectivity index (χ2n) is 5.44. The third kappa shape index (κ3) is 5.35. The summed E-state index contributed by atoms with van der Waals surface area (Å²) in [7, 11) is 0. The average Bonchev–Trinajstić information content (AvgIpc) is 2.18. The van der Waals surface area contributed by atoms with Crippen LogP contribution >= 0.6 is 0 Å². The van der Waals surface area contributed by atoms with Crippen molar-refractivity contribution in [2.75, 3.05) is 13.2 Å². The molecule has 0 aliphatic heterocycles. The number of guanidine groups is 1. The predicted octanol–water partition coefficient (Wildman–Crippen LogP) is 1.49. The van der Waals surface area contributed by atoms with Gasteiger partial charge >= 0.3 is 0 Å². The Kier molecular flexibility index (Phi) is 5.79. The maximum atomic E-state index is 9.39. The highest BCUT2D eigenvalue weighted by Gasteiger charge is 2.25. The Morgan fingerprint density at radius 1 is 1.25 bits per heavy atom. The van der Waals surface area contributed by atoms with Gasteiger partial charge in [0.2, 0.25) is 0 Å². The van der Waals surface area contributed by atoms with E-state index in [0.29, 0.717) is 12.5 Å². The van der Waals surface area contributed by atoms with E-state index in [1.807, 2.05) is 20.8 Å². The molecule has 4 heteroatoms. The third-order valence-corrected chi connectivity index (χ3v) is 2.92. The molecular weight excluding hydrogens is 202 g/mol. The monoisotopic (exact) mass is 229 g/mol. The van der Waals surface area contributed by atoms with Crippen LogP contribution in [0.5, 0.6) is 0 Å². The number of nitrogens with one attached hydrogen (secondary N) is 1. The predicted molar refractivity (Wildman–Crippen MR) is 69.5 cm³/mol. The van der Waals surface area contributed by atoms with E-state index in [2.05, 4.69) is 24.2 Å². The quantitative estimate of drug-likeness (QED) is 0.494. The fourth-order valence-electron chi connectivity index (χ4n) is 1.42. The molecule has 0 spiro atoms. The highest BCUT2D eigenvalue weighted by Crippen LogP contribution is 2.25. The van der Waals surface area contributed by atoms with Crippen LogP contribution in [0.25, 0.3) is 0 Å². The van der Waals surface area contributed by atoms with Crippen LogP contribution in [0, 0.1) is 5.41 Å². The Labute approximate surface area is 99.3 Å². The van der Waals surface area contributed by atoms with E-state index >= 15 is 0 Å². The SMILES string of the molecule is CCC(CC)(CO)CN=C(N)NC(C)(C)C. The number of aliphatic imine (C=N–C) groups is 1. The van der Waals surface area contributed by atoms with Crippen molar-refractivity contribution < 1.29 is 5.11 Å². The number of nitrogens with two attached hydrogens (primary N) is 1. The van der Waals surface area contributed by atoms with E-state index < -0.39 is 0 Å². The van der Waals surface area contributed by atoms with Gasteiger partial charge in [-0.2, -0.15) is 0 Å². The van der Waals surface area contributed by atoms with Gasteiger partial charge in [-0.15, -0.1) is 0 Å². The summed E-state index contributed by atoms with van der Waals surface area (Å²) in [6.07, 6.45) is 1.82. The lowest BCUT2D eigenvalue weighted by Crippen LogP contribution is -2.45. The molecular formula is C12H27N3O. The number of aliphatic hydroxyl groups is 1. The highest BCUT2D eigenvalue weighted by molar-refractivity contribution is 5.78. The van der Waals surface area contributed by atoms with Crippen LogP contribution in [0.15, 0.2) is 4.99 Å². The topological polar surface area (TPSA) is 70.6 Å². The fraction of sp³-hybridized carbons (Fsp3) is 0.917. The lowest BCUT2D eigenvalue weighted by Gasteiger charge is -2.28. The van der Waals surface area contributed by atoms with Crippen molar-refractivity contribution in [1.82, 2.24) is 5.32 Å². The van der Waals surface area contributed by atoms with Crippen LogP contribution in [0.2, 0.25) is 0 Å². The zero-order valence-electron chi connectivity index (χ0n) is 11.3. The van der Waals surface area contributed by atoms with Gasteiger partial charge in [0, 0.05) is 11.0 Å². The second-order valence-corrected chi connectivity index (χ2v) is 5.44. The molecule has 4 N–H and O–H groups in total. The van der Waals surface area contributed by atoms with E-state index in [1.54, 1.807) is 0 Å². The Morgan fingerprint density at radius 3 is 2.06 bits per heavy atom. The Bertz CT molecular complexity index is 219. The lowest BCUT2D eigenvalue weighted by molar-refractivity contribution is 0.123. The maximum Gasteiger partial charge on any atom is 0.189 e. The number of aliphatic hydroxyl groups excluding tert-OH is 1. The molecule has 0 radical (unpaired) electrons. The summed E-state index contributed by atoms with van der Waals surface area (Å²) in [5.41, 5.74) is 5.59. The molecule has 96 valence electrons. The van der Waals surface area contributed by atoms with E-state index in [1.165, 1.54) is 0 Å². The Hall–Kier alpha value is -0.770. The minimum atomic E-state index is -0.121. The smallest absolute Gasteiger partial charge is 0.189 e. The first-order chi connectivity index (χ1) is 7.28. The van der Waals surface area contributed by atoms with Crippen LogP contribution in [0.4, 0.5) is 0 Å². The Balaban J connectivity index is 4.44. The van der Waals surface area contributed by atoms with Crippen LogP contribution in [-0.2, 0) is 0 Å². The zero-order valence-corrected chi connectivity index (χ0v) is 11.3. The zero-order chi connectivity index (χ0) is 12.8. The fourth-order valence-corrected chi connectivity index (χ4v) is 1.42. The van der Waals surface area contributed by atoms with E-state index in [4.69, 9.17) is 5.73 Å². The molecule has 16 heavy (non-hydrogen) atoms. The number of hydrogen-bond acceptors (Lipinski definition) is 2. The third-order valence-electron chi connectivity index (χ3n) is 2.92. The normalized spacial score (nSPS) is 14.0. The van der Waals surface area contributed by atoms with Crippen LogP contribution < -0.4 is 11.1 Å². The number of nitrogens with zero attached hydrogens (tertiary/aromatic N) is 1. The first kappa shape index (κ1) is 15.2. The Morgan fingerprint density at radius 2 is 1.75 bits per heavy atom. The van der Waals surface area contributed by atoms with Gasteiger partial charge in [-0.1, -0.05) is 13.8 Å². The molecule has 0 unspecified atom stereocenters. The van der Waals surface area contributed by atoms with Gasteiger partial charge in [0.05, 0.1) is 13.2 Å². The second kappa shape index (κ2) is 6.09. The van der Waals surface area contributed by atoms with E-state index in [0.717, 1.165) is 12.8 Å². The van der Waals surface area contributed by atoms with Crippen molar-refractivity contribution in [2.45, 2.75) is 53.0 Å². The van der Waals surface area contributed by atoms with Crippen LogP contribution in [0.1, 0.15) is 47.5 Å². The summed E-state index contributed by atoms with van der Waals surface area (Å²) >= 11 is 0. The molecule has 0 aliphatic carbocycles. The van der Waals surface area contributed by atoms with Crippen LogP contribution in [-0.4, -0.2) is 29.8 Å². The molecule has 0 aromatic carbocycles. The van der Waals surface area contributed by atoms with Crippen molar-refractivity contribution in [3.05, 3.63) is 0 Å². The lowest BCUT2D eigenvalue weighted by atomic mass is 9.83. The molecule has 0 aromatic heterocycles. The van der Waals surface area contributed by atoms with E-state index in [9.17, 15) is 5.11 Å². The molecule has 0 saturated heterocycles. The van der Waals surface area contributed by atoms with Gasteiger partial charge in [-0.3, -0.25) is 4.99 Å². The van der Waals surface area contributed by atoms with Gasteiger partial charge in [-0.05, 0) is 33.6 Å². The molecule has 0 atom stereocenters. The summed E-state index contributed by atoms with van der Waals surface area (Å²) in [5.74, 6) is 0.451. The molecule has 0 fully saturated rings. The molecule has 0 aromatic rings. The molecule has 0 aliphatic rings. The number of hydrogen-bond donors (Lipinski definition) is 3. The highest BCUT2D eigenvalue weighted by atomic mass is 16.3. The molecule has 0 heterocycles. The van der Waals surface area contributed by atoms with Gasteiger partial charge < -0.3 is 16.2 Å². The van der Waals surface area contributed by atoms with E-state index in [-0.39, 0.29) is 17.6 Å². The number of rotatable bonds is 5. The van der Waals surface area contributed by atoms with Gasteiger partial charge in [0.15, 0.2) is 5.96 Å². The molecule has 4 nitrogen and oxygen atoms in total. The van der Waals surface area contributed by atoms with Crippen molar-refractivity contribution >= 4 is 5.96 Å². The van der Waals surface area contributed by atoms with Crippen LogP contribution in [0.3, 0.4) is 0 Å². The summed E-state index contributed by atoms with van der Waals surface area (Å²) in [5, 5.41) is 12.5. The maximum absolute atomic E-state index is 9.39. The van der Waals surface area contributed by atoms with Crippen molar-refractivity contribution in [3.8, 4) is 0 Å². The first-order valence-electron chi connectivity index (χ1n) is 5.97. The summed E-state index contributed by atoms with van der Waals surface area (Å²) in [6, 6.07) is 0.